The molecule has 0 radical (unpaired) electrons. The molecule has 4 fully saturated rings. The summed E-state index contributed by atoms with van der Waals surface area (Å²) >= 11 is 0. The first-order chi connectivity index (χ1) is 18.0. The SMILES string of the molecule is [O-][C@](c1ccccc1)(c1ncc(C[N+]23CCC(CC2)[C@@H](OCc2ccc(F)cc2)C3)o1)C1CCCCC1. The molecular weight excluding hydrogens is 467 g/mol. The van der Waals surface area contributed by atoms with Gasteiger partial charge in [0.2, 0.25) is 0 Å². The molecule has 1 saturated carbocycles. The lowest BCUT2D eigenvalue weighted by atomic mass is 9.73. The van der Waals surface area contributed by atoms with Crippen molar-refractivity contribution in [3.8, 4) is 0 Å². The number of oxazole rings is 1. The zero-order chi connectivity index (χ0) is 25.3. The molecule has 1 aromatic heterocycles. The Morgan fingerprint density at radius 2 is 1.70 bits per heavy atom. The number of quaternary nitrogens is 1. The summed E-state index contributed by atoms with van der Waals surface area (Å²) in [5.74, 6) is 1.48. The van der Waals surface area contributed by atoms with Crippen molar-refractivity contribution in [3.05, 3.63) is 89.4 Å². The van der Waals surface area contributed by atoms with E-state index in [9.17, 15) is 9.50 Å². The van der Waals surface area contributed by atoms with Gasteiger partial charge in [-0.25, -0.2) is 9.37 Å². The van der Waals surface area contributed by atoms with Crippen molar-refractivity contribution in [2.24, 2.45) is 11.8 Å². The minimum absolute atomic E-state index is 0.00263. The van der Waals surface area contributed by atoms with Crippen LogP contribution in [0.25, 0.3) is 0 Å². The van der Waals surface area contributed by atoms with Gasteiger partial charge < -0.3 is 18.7 Å². The summed E-state index contributed by atoms with van der Waals surface area (Å²) in [5, 5.41) is 14.6. The fourth-order valence-corrected chi connectivity index (χ4v) is 7.03. The van der Waals surface area contributed by atoms with Gasteiger partial charge in [0.15, 0.2) is 11.7 Å². The smallest absolute Gasteiger partial charge is 0.188 e. The van der Waals surface area contributed by atoms with Crippen LogP contribution in [-0.2, 0) is 23.5 Å². The lowest BCUT2D eigenvalue weighted by Gasteiger charge is -2.52. The number of halogens is 1. The van der Waals surface area contributed by atoms with Gasteiger partial charge in [0.05, 0.1) is 25.9 Å². The molecule has 0 N–H and O–H groups in total. The van der Waals surface area contributed by atoms with E-state index in [-0.39, 0.29) is 17.8 Å². The fourth-order valence-electron chi connectivity index (χ4n) is 7.03. The van der Waals surface area contributed by atoms with E-state index in [2.05, 4.69) is 4.98 Å². The van der Waals surface area contributed by atoms with Crippen LogP contribution in [0.3, 0.4) is 0 Å². The van der Waals surface area contributed by atoms with Gasteiger partial charge >= 0.3 is 0 Å². The number of ether oxygens (including phenoxy) is 1. The van der Waals surface area contributed by atoms with Crippen molar-refractivity contribution in [2.45, 2.75) is 69.8 Å². The van der Waals surface area contributed by atoms with Crippen LogP contribution in [0.2, 0.25) is 0 Å². The molecule has 7 rings (SSSR count). The van der Waals surface area contributed by atoms with Crippen LogP contribution in [0.15, 0.2) is 65.2 Å². The lowest BCUT2D eigenvalue weighted by molar-refractivity contribution is -0.959. The highest BCUT2D eigenvalue weighted by Crippen LogP contribution is 2.42. The topological polar surface area (TPSA) is 58.3 Å². The molecule has 6 heteroatoms. The van der Waals surface area contributed by atoms with Crippen LogP contribution >= 0.6 is 0 Å². The molecule has 2 atom stereocenters. The normalized spacial score (nSPS) is 27.7. The Balaban J connectivity index is 1.19. The Kier molecular flexibility index (Phi) is 6.91. The standard InChI is InChI=1S/C31H37FN2O3/c32-27-13-11-23(12-14-27)22-36-29-21-34(17-15-24(29)16-18-34)20-28-19-33-30(37-28)31(35,25-7-3-1-4-8-25)26-9-5-2-6-10-26/h1,3-4,7-8,11-14,19,24,26,29H,2,5-6,9-10,15-18,20-22H2/t24?,29-,31-,34?/m0/s1. The van der Waals surface area contributed by atoms with E-state index < -0.39 is 5.60 Å². The molecule has 3 saturated heterocycles. The van der Waals surface area contributed by atoms with Crippen LogP contribution in [-0.4, -0.2) is 35.2 Å². The number of benzene rings is 2. The third kappa shape index (κ3) is 4.99. The Hall–Kier alpha value is -2.54. The Morgan fingerprint density at radius 3 is 2.43 bits per heavy atom. The fraction of sp³-hybridized carbons (Fsp3) is 0.516. The van der Waals surface area contributed by atoms with Crippen LogP contribution < -0.4 is 5.11 Å². The van der Waals surface area contributed by atoms with E-state index in [0.717, 1.165) is 86.1 Å². The maximum Gasteiger partial charge on any atom is 0.188 e. The summed E-state index contributed by atoms with van der Waals surface area (Å²) in [4.78, 5) is 4.63. The zero-order valence-corrected chi connectivity index (χ0v) is 21.5. The number of hydrogen-bond acceptors (Lipinski definition) is 4. The third-order valence-corrected chi connectivity index (χ3v) is 9.16. The molecule has 3 aliphatic heterocycles. The number of rotatable bonds is 8. The highest BCUT2D eigenvalue weighted by Gasteiger charge is 2.47. The van der Waals surface area contributed by atoms with Gasteiger partial charge in [0, 0.05) is 18.8 Å². The molecular formula is C31H37FN2O3. The van der Waals surface area contributed by atoms with Crippen LogP contribution in [0, 0.1) is 17.7 Å². The zero-order valence-electron chi connectivity index (χ0n) is 21.5. The summed E-state index contributed by atoms with van der Waals surface area (Å²) in [6, 6.07) is 16.3. The monoisotopic (exact) mass is 504 g/mol. The molecule has 2 aromatic carbocycles. The molecule has 0 amide bonds. The summed E-state index contributed by atoms with van der Waals surface area (Å²) in [7, 11) is 0. The summed E-state index contributed by atoms with van der Waals surface area (Å²) in [6.07, 6.45) is 9.47. The van der Waals surface area contributed by atoms with E-state index in [1.165, 1.54) is 18.6 Å². The van der Waals surface area contributed by atoms with Crippen molar-refractivity contribution < 1.29 is 23.1 Å². The maximum atomic E-state index is 14.6. The second-order valence-corrected chi connectivity index (χ2v) is 11.5. The lowest BCUT2D eigenvalue weighted by Crippen LogP contribution is -2.63. The quantitative estimate of drug-likeness (QED) is 0.390. The third-order valence-electron chi connectivity index (χ3n) is 9.16. The molecule has 3 aromatic rings. The van der Waals surface area contributed by atoms with E-state index >= 15 is 0 Å². The average Bonchev–Trinajstić information content (AvgIpc) is 3.42. The van der Waals surface area contributed by atoms with E-state index in [4.69, 9.17) is 9.15 Å². The van der Waals surface area contributed by atoms with Crippen LogP contribution in [0.4, 0.5) is 4.39 Å². The second-order valence-electron chi connectivity index (χ2n) is 11.5. The van der Waals surface area contributed by atoms with Crippen LogP contribution in [0.5, 0.6) is 0 Å². The molecule has 4 aliphatic rings. The molecule has 0 spiro atoms. The first-order valence-corrected chi connectivity index (χ1v) is 14.0. The molecule has 196 valence electrons. The molecule has 5 nitrogen and oxygen atoms in total. The highest BCUT2D eigenvalue weighted by molar-refractivity contribution is 5.29. The van der Waals surface area contributed by atoms with Gasteiger partial charge in [-0.05, 0) is 34.8 Å². The maximum absolute atomic E-state index is 14.6. The van der Waals surface area contributed by atoms with Crippen molar-refractivity contribution in [3.63, 3.8) is 0 Å². The second kappa shape index (κ2) is 10.3. The van der Waals surface area contributed by atoms with Crippen LogP contribution in [0.1, 0.15) is 67.7 Å². The predicted molar refractivity (Wildman–Crippen MR) is 137 cm³/mol. The van der Waals surface area contributed by atoms with Gasteiger partial charge in [0.25, 0.3) is 0 Å². The molecule has 1 aliphatic carbocycles. The number of aromatic nitrogens is 1. The number of fused-ring (bicyclic) bond motifs is 3. The molecule has 2 bridgehead atoms. The minimum Gasteiger partial charge on any atom is -0.839 e. The van der Waals surface area contributed by atoms with E-state index in [1.54, 1.807) is 18.3 Å². The molecule has 0 unspecified atom stereocenters. The number of hydrogen-bond donors (Lipinski definition) is 0. The van der Waals surface area contributed by atoms with Gasteiger partial charge in [-0.15, -0.1) is 0 Å². The Morgan fingerprint density at radius 1 is 0.973 bits per heavy atom. The van der Waals surface area contributed by atoms with Gasteiger partial charge in [-0.3, -0.25) is 0 Å². The Bertz CT molecular complexity index is 1170. The number of piperidine rings is 3. The molecule has 37 heavy (non-hydrogen) atoms. The molecule has 4 heterocycles. The highest BCUT2D eigenvalue weighted by atomic mass is 19.1. The van der Waals surface area contributed by atoms with Crippen molar-refractivity contribution >= 4 is 0 Å². The predicted octanol–water partition coefficient (Wildman–Crippen LogP) is 5.32. The van der Waals surface area contributed by atoms with Crippen molar-refractivity contribution in [2.75, 3.05) is 19.6 Å². The van der Waals surface area contributed by atoms with Crippen molar-refractivity contribution in [1.82, 2.24) is 4.98 Å². The van der Waals surface area contributed by atoms with E-state index in [1.807, 2.05) is 30.3 Å². The van der Waals surface area contributed by atoms with Gasteiger partial charge in [-0.2, -0.15) is 0 Å². The van der Waals surface area contributed by atoms with Crippen molar-refractivity contribution in [1.29, 1.82) is 0 Å². The average molecular weight is 505 g/mol. The summed E-state index contributed by atoms with van der Waals surface area (Å²) < 4.78 is 26.9. The number of nitrogens with zero attached hydrogens (tertiary/aromatic N) is 2. The van der Waals surface area contributed by atoms with Gasteiger partial charge in [-0.1, -0.05) is 74.6 Å². The minimum atomic E-state index is -1.45. The van der Waals surface area contributed by atoms with E-state index in [0.29, 0.717) is 18.4 Å². The summed E-state index contributed by atoms with van der Waals surface area (Å²) in [5.41, 5.74) is 0.311. The largest absolute Gasteiger partial charge is 0.839 e. The summed E-state index contributed by atoms with van der Waals surface area (Å²) in [6.45, 7) is 4.38. The first kappa shape index (κ1) is 24.8. The first-order valence-electron chi connectivity index (χ1n) is 14.0. The Labute approximate surface area is 218 Å². The van der Waals surface area contributed by atoms with Gasteiger partial charge in [0.1, 0.15) is 25.0 Å².